The van der Waals surface area contributed by atoms with Crippen molar-refractivity contribution in [1.29, 1.82) is 5.26 Å². The first-order valence-electron chi connectivity index (χ1n) is 15.4. The van der Waals surface area contributed by atoms with Crippen molar-refractivity contribution in [2.75, 3.05) is 45.7 Å². The fourth-order valence-electron chi connectivity index (χ4n) is 6.63. The minimum absolute atomic E-state index is 0.00732. The lowest BCUT2D eigenvalue weighted by Crippen LogP contribution is -2.36. The Morgan fingerprint density at radius 3 is 2.38 bits per heavy atom. The average molecular weight is 711 g/mol. The number of fused-ring (bicyclic) bond motifs is 1. The second-order valence-corrected chi connectivity index (χ2v) is 16.3. The highest BCUT2D eigenvalue weighted by molar-refractivity contribution is 7.90. The summed E-state index contributed by atoms with van der Waals surface area (Å²) in [5.41, 5.74) is 2.05. The number of likely N-dealkylation sites (tertiary alicyclic amines) is 1. The van der Waals surface area contributed by atoms with Crippen molar-refractivity contribution >= 4 is 60.5 Å². The van der Waals surface area contributed by atoms with Crippen LogP contribution in [0.5, 0.6) is 0 Å². The van der Waals surface area contributed by atoms with Gasteiger partial charge in [0.2, 0.25) is 0 Å². The highest BCUT2D eigenvalue weighted by Gasteiger charge is 2.30. The van der Waals surface area contributed by atoms with Crippen LogP contribution in [0.2, 0.25) is 10.0 Å². The van der Waals surface area contributed by atoms with Crippen molar-refractivity contribution in [3.8, 4) is 6.07 Å². The molecule has 1 unspecified atom stereocenters. The summed E-state index contributed by atoms with van der Waals surface area (Å²) < 4.78 is 38.3. The number of rotatable bonds is 10. The summed E-state index contributed by atoms with van der Waals surface area (Å²) in [5, 5.41) is 11.8. The molecule has 7 nitrogen and oxygen atoms in total. The number of piperidine rings is 1. The number of carbonyl (C=O) groups is 1. The molecule has 1 saturated heterocycles. The maximum Gasteiger partial charge on any atom is 0.255 e. The Kier molecular flexibility index (Phi) is 11.1. The molecule has 0 saturated carbocycles. The minimum Gasteiger partial charge on any atom is -0.341 e. The van der Waals surface area contributed by atoms with Gasteiger partial charge in [-0.2, -0.15) is 5.26 Å². The summed E-state index contributed by atoms with van der Waals surface area (Å²) in [6.45, 7) is 2.85. The Morgan fingerprint density at radius 1 is 1.04 bits per heavy atom. The Balaban J connectivity index is 1.39. The molecule has 1 aliphatic rings. The van der Waals surface area contributed by atoms with E-state index in [2.05, 4.69) is 11.0 Å². The molecule has 1 heterocycles. The lowest BCUT2D eigenvalue weighted by Gasteiger charge is -2.34. The predicted molar refractivity (Wildman–Crippen MR) is 190 cm³/mol. The first-order chi connectivity index (χ1) is 22.4. The number of nitriles is 1. The zero-order valence-corrected chi connectivity index (χ0v) is 29.7. The molecule has 0 aliphatic carbocycles. The Hall–Kier alpha value is -3.26. The van der Waals surface area contributed by atoms with Crippen LogP contribution in [0.3, 0.4) is 0 Å². The first kappa shape index (κ1) is 35.1. The van der Waals surface area contributed by atoms with Gasteiger partial charge in [-0.1, -0.05) is 71.7 Å². The van der Waals surface area contributed by atoms with E-state index in [1.165, 1.54) is 11.6 Å². The smallest absolute Gasteiger partial charge is 0.255 e. The molecule has 1 fully saturated rings. The molecule has 11 heteroatoms. The second-order valence-electron chi connectivity index (χ2n) is 12.2. The van der Waals surface area contributed by atoms with Gasteiger partial charge in [-0.3, -0.25) is 9.00 Å². The minimum atomic E-state index is -3.92. The average Bonchev–Trinajstić information content (AvgIpc) is 3.06. The molecule has 0 radical (unpaired) electrons. The topological polar surface area (TPSA) is 98.6 Å². The van der Waals surface area contributed by atoms with Crippen LogP contribution >= 0.6 is 23.2 Å². The molecule has 0 bridgehead atoms. The van der Waals surface area contributed by atoms with E-state index in [9.17, 15) is 22.7 Å². The van der Waals surface area contributed by atoms with E-state index in [-0.39, 0.29) is 28.5 Å². The van der Waals surface area contributed by atoms with Crippen LogP contribution in [0.15, 0.2) is 82.6 Å². The summed E-state index contributed by atoms with van der Waals surface area (Å²) in [6, 6.07) is 24.0. The number of halogens is 2. The van der Waals surface area contributed by atoms with Gasteiger partial charge in [0, 0.05) is 36.9 Å². The molecule has 5 rings (SSSR count). The zero-order chi connectivity index (χ0) is 33.9. The molecular weight excluding hydrogens is 673 g/mol. The van der Waals surface area contributed by atoms with Crippen LogP contribution in [0.1, 0.15) is 58.1 Å². The molecule has 0 aromatic heterocycles. The number of hydrogen-bond acceptors (Lipinski definition) is 6. The van der Waals surface area contributed by atoms with Crippen molar-refractivity contribution in [2.45, 2.75) is 40.9 Å². The lowest BCUT2D eigenvalue weighted by molar-refractivity contribution is 0.0780. The van der Waals surface area contributed by atoms with E-state index in [1.807, 2.05) is 36.4 Å². The molecule has 2 atom stereocenters. The van der Waals surface area contributed by atoms with Crippen LogP contribution in [-0.4, -0.2) is 74.1 Å². The van der Waals surface area contributed by atoms with Gasteiger partial charge in [0.25, 0.3) is 5.91 Å². The Bertz CT molecular complexity index is 1990. The predicted octanol–water partition coefficient (Wildman–Crippen LogP) is 7.28. The van der Waals surface area contributed by atoms with E-state index in [0.717, 1.165) is 49.2 Å². The fraction of sp³-hybridized carbons (Fsp3) is 0.333. The maximum atomic E-state index is 14.2. The number of benzene rings is 4. The summed E-state index contributed by atoms with van der Waals surface area (Å²) in [6.07, 6.45) is 5.38. The van der Waals surface area contributed by atoms with Crippen LogP contribution in [0.4, 0.5) is 0 Å². The van der Waals surface area contributed by atoms with Gasteiger partial charge in [0.15, 0.2) is 9.84 Å². The summed E-state index contributed by atoms with van der Waals surface area (Å²) >= 11 is 12.7. The molecule has 4 aromatic rings. The SMILES string of the molecule is CN(CC(CCN1CCC(c2ccccc2[S@](C)=O)CC1)c1ccc(Cl)c(Cl)c1)C(=O)c1c(S(C)(=O)=O)c(C#N)cc2ccccc12. The van der Waals surface area contributed by atoms with Gasteiger partial charge < -0.3 is 9.80 Å². The van der Waals surface area contributed by atoms with Crippen LogP contribution < -0.4 is 0 Å². The molecular formula is C36H37Cl2N3O4S2. The molecule has 1 amide bonds. The molecule has 47 heavy (non-hydrogen) atoms. The summed E-state index contributed by atoms with van der Waals surface area (Å²) in [4.78, 5) is 18.8. The van der Waals surface area contributed by atoms with Gasteiger partial charge in [-0.05, 0) is 91.0 Å². The number of hydrogen-bond donors (Lipinski definition) is 0. The molecule has 1 aliphatic heterocycles. The van der Waals surface area contributed by atoms with Crippen LogP contribution in [-0.2, 0) is 20.6 Å². The molecule has 246 valence electrons. The third-order valence-corrected chi connectivity index (χ3v) is 11.9. The van der Waals surface area contributed by atoms with Crippen molar-refractivity contribution < 1.29 is 17.4 Å². The van der Waals surface area contributed by atoms with Crippen molar-refractivity contribution in [3.05, 3.63) is 105 Å². The third kappa shape index (κ3) is 7.90. The first-order valence-corrected chi connectivity index (χ1v) is 19.6. The van der Waals surface area contributed by atoms with Gasteiger partial charge >= 0.3 is 0 Å². The normalized spacial score (nSPS) is 15.7. The van der Waals surface area contributed by atoms with Gasteiger partial charge in [0.05, 0.1) is 36.9 Å². The van der Waals surface area contributed by atoms with Crippen molar-refractivity contribution in [1.82, 2.24) is 9.80 Å². The highest BCUT2D eigenvalue weighted by Crippen LogP contribution is 2.35. The number of nitrogens with zero attached hydrogens (tertiary/aromatic N) is 3. The van der Waals surface area contributed by atoms with E-state index >= 15 is 0 Å². The van der Waals surface area contributed by atoms with Crippen molar-refractivity contribution in [3.63, 3.8) is 0 Å². The number of likely N-dealkylation sites (N-methyl/N-ethyl adjacent to an activating group) is 1. The number of amides is 1. The van der Waals surface area contributed by atoms with E-state index < -0.39 is 26.5 Å². The Morgan fingerprint density at radius 2 is 1.72 bits per heavy atom. The van der Waals surface area contributed by atoms with E-state index in [1.54, 1.807) is 48.5 Å². The maximum absolute atomic E-state index is 14.2. The third-order valence-electron chi connectivity index (χ3n) is 9.01. The van der Waals surface area contributed by atoms with E-state index in [4.69, 9.17) is 23.2 Å². The summed E-state index contributed by atoms with van der Waals surface area (Å²) in [5.74, 6) is -0.257. The quantitative estimate of drug-likeness (QED) is 0.172. The van der Waals surface area contributed by atoms with Crippen molar-refractivity contribution in [2.24, 2.45) is 0 Å². The highest BCUT2D eigenvalue weighted by atomic mass is 35.5. The largest absolute Gasteiger partial charge is 0.341 e. The van der Waals surface area contributed by atoms with Gasteiger partial charge in [0.1, 0.15) is 6.07 Å². The lowest BCUT2D eigenvalue weighted by atomic mass is 9.88. The molecule has 0 spiro atoms. The molecule has 4 aromatic carbocycles. The number of sulfone groups is 1. The zero-order valence-electron chi connectivity index (χ0n) is 26.6. The Labute approximate surface area is 289 Å². The monoisotopic (exact) mass is 709 g/mol. The fourth-order valence-corrected chi connectivity index (χ4v) is 8.84. The van der Waals surface area contributed by atoms with Crippen LogP contribution in [0.25, 0.3) is 10.8 Å². The second kappa shape index (κ2) is 14.9. The van der Waals surface area contributed by atoms with Gasteiger partial charge in [-0.15, -0.1) is 0 Å². The summed E-state index contributed by atoms with van der Waals surface area (Å²) in [7, 11) is -3.30. The van der Waals surface area contributed by atoms with Gasteiger partial charge in [-0.25, -0.2) is 8.42 Å². The number of carbonyl (C=O) groups excluding carboxylic acids is 1. The van der Waals surface area contributed by atoms with Crippen LogP contribution in [0, 0.1) is 11.3 Å². The standard InChI is InChI=1S/C36H37Cl2N3O4S2/c1-40(36(42)34-30-10-5-4-8-26(30)20-28(22-39)35(34)47(3,44)45)23-27(25-12-13-31(37)32(38)21-25)16-19-41-17-14-24(15-18-41)29-9-6-7-11-33(29)46(2)43/h4-13,20-21,24,27H,14-19,23H2,1-3H3/t27?,46-/m0/s1. The van der Waals surface area contributed by atoms with E-state index in [0.29, 0.717) is 33.2 Å². The molecule has 0 N–H and O–H groups in total.